The highest BCUT2D eigenvalue weighted by Gasteiger charge is 2.66. The molecule has 1 aromatic rings. The molecule has 66 heavy (non-hydrogen) atoms. The topological polar surface area (TPSA) is 240 Å². The number of carbonyl (C=O) groups excluding carboxylic acids is 1. The number of aliphatic hydroxyl groups is 6. The van der Waals surface area contributed by atoms with Crippen LogP contribution in [0.5, 0.6) is 0 Å². The van der Waals surface area contributed by atoms with E-state index < -0.39 is 84.0 Å². The standard InChI is InChI=1S/C50H80N4O12/c1-29(20-22-51)16-14-17-30(2)32(4)24-33(5)42(57)35(7)38(55)25-41(63-13)45-46(60)49(8,9)50(66-45)26-39(56)34(6)40(65-50)19-15-18-36-27-64-48(53-36)31(3)21-23-52-47(61)44(59)43(58)37(28-62-12)54(10)11/h14-18,20,24,27,31,33-35,37-46,55-60H,19,21,23,25-26,28H2,1-13H3,(H,52,61)/b16-14+,18-15+,29-20-,30-17+,32-24+/t31-,33+,34-,35-,37-,38-,39+,40-,41-,42+,43-,44-,45+,46-,50?/m0/s1. The summed E-state index contributed by atoms with van der Waals surface area (Å²) < 4.78 is 30.2. The molecule has 2 fully saturated rings. The maximum atomic E-state index is 12.6. The lowest BCUT2D eigenvalue weighted by atomic mass is 9.72. The molecule has 372 valence electrons. The Morgan fingerprint density at radius 2 is 1.76 bits per heavy atom. The van der Waals surface area contributed by atoms with Crippen LogP contribution in [0.2, 0.25) is 0 Å². The fourth-order valence-electron chi connectivity index (χ4n) is 8.64. The number of methoxy groups -OCH3 is 2. The molecule has 16 nitrogen and oxygen atoms in total. The monoisotopic (exact) mass is 929 g/mol. The molecule has 3 heterocycles. The van der Waals surface area contributed by atoms with Gasteiger partial charge < -0.3 is 64.2 Å². The Kier molecular flexibility index (Phi) is 22.1. The maximum Gasteiger partial charge on any atom is 0.251 e. The highest BCUT2D eigenvalue weighted by Crippen LogP contribution is 2.55. The van der Waals surface area contributed by atoms with E-state index in [1.165, 1.54) is 26.6 Å². The van der Waals surface area contributed by atoms with E-state index in [0.29, 0.717) is 24.4 Å². The van der Waals surface area contributed by atoms with Crippen molar-refractivity contribution in [3.05, 3.63) is 71.0 Å². The quantitative estimate of drug-likeness (QED) is 0.0555. The normalized spacial score (nSPS) is 28.3. The van der Waals surface area contributed by atoms with E-state index in [0.717, 1.165) is 16.7 Å². The van der Waals surface area contributed by atoms with Crippen LogP contribution in [-0.4, -0.2) is 155 Å². The SMILES string of the molecule is COC[C@@H]([C@H](O)[C@H](O)C(=O)NCC[C@H](C)c1nc(/C=C/C[C@@H]2OC3(C[C@@H](O)[C@@H]2C)O[C@H]([C@H](C[C@H](O)[C@H](C)[C@H](O)[C@H](C)/C=C(C)/C(C)=C/C=C/C(C)=C\C#N)OC)[C@H](O)C3(C)C)co1)N(C)C. The Bertz CT molecular complexity index is 1890. The molecule has 0 bridgehead atoms. The minimum absolute atomic E-state index is 0.0649. The second kappa shape index (κ2) is 25.7. The fraction of sp³-hybridized carbons (Fsp3) is 0.700. The zero-order chi connectivity index (χ0) is 49.7. The van der Waals surface area contributed by atoms with Crippen LogP contribution in [0.4, 0.5) is 0 Å². The minimum atomic E-state index is -1.63. The first-order valence-electron chi connectivity index (χ1n) is 23.1. The average molecular weight is 929 g/mol. The first kappa shape index (κ1) is 56.8. The smallest absolute Gasteiger partial charge is 0.251 e. The number of nitrogens with one attached hydrogen (secondary N) is 1. The number of nitriles is 1. The van der Waals surface area contributed by atoms with Crippen LogP contribution in [0.3, 0.4) is 0 Å². The summed E-state index contributed by atoms with van der Waals surface area (Å²) in [5.74, 6) is -2.91. The molecule has 15 atom stereocenters. The van der Waals surface area contributed by atoms with E-state index in [4.69, 9.17) is 28.6 Å². The van der Waals surface area contributed by atoms with E-state index >= 15 is 0 Å². The molecule has 2 aliphatic heterocycles. The van der Waals surface area contributed by atoms with E-state index in [-0.39, 0.29) is 43.7 Å². The van der Waals surface area contributed by atoms with Gasteiger partial charge in [-0.25, -0.2) is 4.98 Å². The summed E-state index contributed by atoms with van der Waals surface area (Å²) >= 11 is 0. The molecule has 1 unspecified atom stereocenters. The maximum absolute atomic E-state index is 12.6. The summed E-state index contributed by atoms with van der Waals surface area (Å²) in [4.78, 5) is 18.9. The Morgan fingerprint density at radius 3 is 2.38 bits per heavy atom. The van der Waals surface area contributed by atoms with E-state index in [1.807, 2.05) is 91.8 Å². The van der Waals surface area contributed by atoms with Crippen molar-refractivity contribution in [2.75, 3.05) is 41.5 Å². The Hall–Kier alpha value is -3.57. The van der Waals surface area contributed by atoms with Crippen LogP contribution >= 0.6 is 0 Å². The van der Waals surface area contributed by atoms with Crippen molar-refractivity contribution >= 4 is 12.0 Å². The van der Waals surface area contributed by atoms with Crippen molar-refractivity contribution in [1.82, 2.24) is 15.2 Å². The van der Waals surface area contributed by atoms with Gasteiger partial charge in [0.2, 0.25) is 0 Å². The Labute approximate surface area is 392 Å². The van der Waals surface area contributed by atoms with Gasteiger partial charge in [-0.3, -0.25) is 4.79 Å². The lowest BCUT2D eigenvalue weighted by Crippen LogP contribution is -2.58. The van der Waals surface area contributed by atoms with Crippen LogP contribution in [0.25, 0.3) is 6.08 Å². The third-order valence-electron chi connectivity index (χ3n) is 13.8. The molecule has 2 saturated heterocycles. The highest BCUT2D eigenvalue weighted by molar-refractivity contribution is 5.81. The van der Waals surface area contributed by atoms with Crippen molar-refractivity contribution in [3.8, 4) is 6.07 Å². The summed E-state index contributed by atoms with van der Waals surface area (Å²) in [6.45, 7) is 17.3. The molecule has 1 aromatic heterocycles. The predicted molar refractivity (Wildman–Crippen MR) is 251 cm³/mol. The first-order valence-corrected chi connectivity index (χ1v) is 23.1. The number of aromatic nitrogens is 1. The molecule has 0 saturated carbocycles. The summed E-state index contributed by atoms with van der Waals surface area (Å²) in [6.07, 6.45) is 6.39. The molecule has 0 radical (unpaired) electrons. The Morgan fingerprint density at radius 1 is 1.08 bits per heavy atom. The number of oxazole rings is 1. The third-order valence-corrected chi connectivity index (χ3v) is 13.8. The lowest BCUT2D eigenvalue weighted by Gasteiger charge is -2.49. The van der Waals surface area contributed by atoms with Crippen LogP contribution in [0.1, 0.15) is 105 Å². The first-order chi connectivity index (χ1) is 31.0. The largest absolute Gasteiger partial charge is 0.448 e. The molecule has 1 amide bonds. The van der Waals surface area contributed by atoms with Gasteiger partial charge in [0, 0.05) is 68.8 Å². The van der Waals surface area contributed by atoms with Gasteiger partial charge in [0.15, 0.2) is 17.8 Å². The molecule has 2 aliphatic rings. The second-order valence-electron chi connectivity index (χ2n) is 19.3. The number of carbonyl (C=O) groups is 1. The van der Waals surface area contributed by atoms with E-state index in [1.54, 1.807) is 32.0 Å². The third kappa shape index (κ3) is 14.5. The molecular formula is C50H80N4O12. The number of likely N-dealkylation sites (N-methyl/N-ethyl adjacent to an activating group) is 1. The number of ether oxygens (including phenoxy) is 4. The number of rotatable bonds is 24. The number of hydrogen-bond acceptors (Lipinski definition) is 15. The summed E-state index contributed by atoms with van der Waals surface area (Å²) in [5, 5.41) is 78.6. The van der Waals surface area contributed by atoms with Gasteiger partial charge in [-0.2, -0.15) is 5.26 Å². The van der Waals surface area contributed by atoms with Crippen molar-refractivity contribution in [1.29, 1.82) is 5.26 Å². The molecule has 16 heteroatoms. The molecule has 3 rings (SSSR count). The van der Waals surface area contributed by atoms with Crippen molar-refractivity contribution in [2.45, 2.75) is 161 Å². The number of hydrogen-bond donors (Lipinski definition) is 7. The molecular weight excluding hydrogens is 849 g/mol. The summed E-state index contributed by atoms with van der Waals surface area (Å²) in [7, 11) is 6.43. The van der Waals surface area contributed by atoms with Gasteiger partial charge in [-0.05, 0) is 64.9 Å². The minimum Gasteiger partial charge on any atom is -0.448 e. The summed E-state index contributed by atoms with van der Waals surface area (Å²) in [6, 6.07) is 1.44. The zero-order valence-electron chi connectivity index (χ0n) is 41.4. The number of allylic oxidation sites excluding steroid dienone is 7. The van der Waals surface area contributed by atoms with Gasteiger partial charge in [0.1, 0.15) is 24.2 Å². The number of nitrogens with zero attached hydrogens (tertiary/aromatic N) is 3. The van der Waals surface area contributed by atoms with Crippen molar-refractivity contribution < 1.29 is 58.8 Å². The molecule has 7 N–H and O–H groups in total. The van der Waals surface area contributed by atoms with Gasteiger partial charge in [-0.1, -0.05) is 77.5 Å². The Balaban J connectivity index is 1.63. The number of aliphatic hydroxyl groups excluding tert-OH is 6. The van der Waals surface area contributed by atoms with Gasteiger partial charge in [-0.15, -0.1) is 0 Å². The molecule has 0 aromatic carbocycles. The highest BCUT2D eigenvalue weighted by atomic mass is 16.7. The van der Waals surface area contributed by atoms with Gasteiger partial charge in [0.05, 0.1) is 55.3 Å². The van der Waals surface area contributed by atoms with Gasteiger partial charge in [0.25, 0.3) is 5.91 Å². The lowest BCUT2D eigenvalue weighted by molar-refractivity contribution is -0.334. The van der Waals surface area contributed by atoms with Crippen LogP contribution in [0, 0.1) is 34.5 Å². The second-order valence-corrected chi connectivity index (χ2v) is 19.3. The van der Waals surface area contributed by atoms with Crippen LogP contribution < -0.4 is 5.32 Å². The van der Waals surface area contributed by atoms with E-state index in [9.17, 15) is 35.4 Å². The van der Waals surface area contributed by atoms with Crippen molar-refractivity contribution in [2.24, 2.45) is 23.2 Å². The average Bonchev–Trinajstić information content (AvgIpc) is 3.81. The van der Waals surface area contributed by atoms with Crippen molar-refractivity contribution in [3.63, 3.8) is 0 Å². The van der Waals surface area contributed by atoms with Crippen LogP contribution in [-0.2, 0) is 23.7 Å². The molecule has 1 spiro atoms. The number of amides is 1. The van der Waals surface area contributed by atoms with E-state index in [2.05, 4.69) is 10.3 Å². The summed E-state index contributed by atoms with van der Waals surface area (Å²) in [5.41, 5.74) is 2.38. The van der Waals surface area contributed by atoms with Crippen LogP contribution in [0.15, 0.2) is 63.9 Å². The molecule has 0 aliphatic carbocycles. The zero-order valence-corrected chi connectivity index (χ0v) is 41.4. The predicted octanol–water partition coefficient (Wildman–Crippen LogP) is 4.57. The fourth-order valence-corrected chi connectivity index (χ4v) is 8.64. The van der Waals surface area contributed by atoms with Gasteiger partial charge >= 0.3 is 0 Å².